The third kappa shape index (κ3) is 1.67. The number of fused-ring (bicyclic) bond motifs is 1. The minimum atomic E-state index is 0.178. The van der Waals surface area contributed by atoms with Crippen molar-refractivity contribution in [3.63, 3.8) is 0 Å². The summed E-state index contributed by atoms with van der Waals surface area (Å²) in [5, 5.41) is 6.86. The van der Waals surface area contributed by atoms with Crippen LogP contribution in [0.4, 0.5) is 0 Å². The van der Waals surface area contributed by atoms with E-state index in [1.54, 1.807) is 0 Å². The van der Waals surface area contributed by atoms with E-state index in [0.717, 1.165) is 26.1 Å². The van der Waals surface area contributed by atoms with Gasteiger partial charge in [-0.25, -0.2) is 0 Å². The Hall–Kier alpha value is -0.900. The third-order valence-electron chi connectivity index (χ3n) is 3.19. The molecule has 2 aliphatic rings. The Balaban J connectivity index is 1.91. The lowest BCUT2D eigenvalue weighted by Gasteiger charge is -2.30. The molecular formula is C12H16N2O. The van der Waals surface area contributed by atoms with Gasteiger partial charge >= 0.3 is 0 Å². The summed E-state index contributed by atoms with van der Waals surface area (Å²) in [6, 6.07) is 8.59. The van der Waals surface area contributed by atoms with Crippen molar-refractivity contribution in [3.05, 3.63) is 35.4 Å². The summed E-state index contributed by atoms with van der Waals surface area (Å²) in [6.07, 6.45) is 1.50. The molecule has 1 aromatic rings. The molecule has 80 valence electrons. The van der Waals surface area contributed by atoms with E-state index in [4.69, 9.17) is 4.74 Å². The molecule has 0 aromatic heterocycles. The summed E-state index contributed by atoms with van der Waals surface area (Å²) in [5.74, 6) is 0. The lowest BCUT2D eigenvalue weighted by Crippen LogP contribution is -2.40. The zero-order valence-corrected chi connectivity index (χ0v) is 8.70. The molecule has 2 aliphatic heterocycles. The van der Waals surface area contributed by atoms with Crippen LogP contribution in [0.1, 0.15) is 17.2 Å². The number of nitrogens with one attached hydrogen (secondary N) is 2. The maximum atomic E-state index is 5.86. The van der Waals surface area contributed by atoms with Crippen LogP contribution < -0.4 is 10.6 Å². The number of hydrogen-bond acceptors (Lipinski definition) is 3. The molecule has 15 heavy (non-hydrogen) atoms. The van der Waals surface area contributed by atoms with Gasteiger partial charge in [-0.1, -0.05) is 24.3 Å². The molecule has 0 aliphatic carbocycles. The first kappa shape index (κ1) is 9.33. The van der Waals surface area contributed by atoms with Gasteiger partial charge in [0, 0.05) is 13.1 Å². The number of hydrogen-bond donors (Lipinski definition) is 2. The van der Waals surface area contributed by atoms with Gasteiger partial charge in [-0.15, -0.1) is 0 Å². The van der Waals surface area contributed by atoms with E-state index in [1.807, 2.05) is 0 Å². The van der Waals surface area contributed by atoms with Gasteiger partial charge in [0.1, 0.15) is 6.10 Å². The van der Waals surface area contributed by atoms with Crippen LogP contribution in [0.25, 0.3) is 0 Å². The lowest BCUT2D eigenvalue weighted by molar-refractivity contribution is 0.0148. The topological polar surface area (TPSA) is 33.3 Å². The van der Waals surface area contributed by atoms with Crippen molar-refractivity contribution in [3.8, 4) is 0 Å². The molecule has 0 spiro atoms. The second-order valence-corrected chi connectivity index (χ2v) is 4.13. The normalized spacial score (nSPS) is 26.5. The molecule has 0 radical (unpaired) electrons. The van der Waals surface area contributed by atoms with Crippen molar-refractivity contribution in [2.75, 3.05) is 19.7 Å². The van der Waals surface area contributed by atoms with Gasteiger partial charge in [-0.2, -0.15) is 0 Å². The van der Waals surface area contributed by atoms with Crippen LogP contribution in [0.5, 0.6) is 0 Å². The zero-order valence-electron chi connectivity index (χ0n) is 8.70. The smallest absolute Gasteiger partial charge is 0.111 e. The maximum Gasteiger partial charge on any atom is 0.111 e. The highest BCUT2D eigenvalue weighted by atomic mass is 16.5. The van der Waals surface area contributed by atoms with Crippen molar-refractivity contribution < 1.29 is 4.74 Å². The fourth-order valence-corrected chi connectivity index (χ4v) is 2.44. The highest BCUT2D eigenvalue weighted by Gasteiger charge is 2.30. The highest BCUT2D eigenvalue weighted by Crippen LogP contribution is 2.29. The molecule has 1 saturated heterocycles. The number of ether oxygens (including phenoxy) is 1. The molecule has 1 fully saturated rings. The van der Waals surface area contributed by atoms with Gasteiger partial charge in [-0.3, -0.25) is 10.6 Å². The van der Waals surface area contributed by atoms with Gasteiger partial charge < -0.3 is 4.74 Å². The van der Waals surface area contributed by atoms with Crippen molar-refractivity contribution in [1.29, 1.82) is 0 Å². The first-order valence-corrected chi connectivity index (χ1v) is 5.61. The molecule has 2 N–H and O–H groups in total. The van der Waals surface area contributed by atoms with Crippen molar-refractivity contribution in [2.45, 2.75) is 18.7 Å². The monoisotopic (exact) mass is 204 g/mol. The largest absolute Gasteiger partial charge is 0.370 e. The Morgan fingerprint density at radius 1 is 1.13 bits per heavy atom. The fourth-order valence-electron chi connectivity index (χ4n) is 2.44. The van der Waals surface area contributed by atoms with Gasteiger partial charge in [0.05, 0.1) is 12.8 Å². The summed E-state index contributed by atoms with van der Waals surface area (Å²) < 4.78 is 5.86. The van der Waals surface area contributed by atoms with Crippen molar-refractivity contribution in [2.24, 2.45) is 0 Å². The average molecular weight is 204 g/mol. The third-order valence-corrected chi connectivity index (χ3v) is 3.19. The van der Waals surface area contributed by atoms with E-state index >= 15 is 0 Å². The summed E-state index contributed by atoms with van der Waals surface area (Å²) in [5.41, 5.74) is 2.78. The van der Waals surface area contributed by atoms with Crippen molar-refractivity contribution >= 4 is 0 Å². The second-order valence-electron chi connectivity index (χ2n) is 4.13. The van der Waals surface area contributed by atoms with E-state index in [1.165, 1.54) is 11.1 Å². The summed E-state index contributed by atoms with van der Waals surface area (Å²) in [4.78, 5) is 0. The van der Waals surface area contributed by atoms with Crippen LogP contribution in [0.2, 0.25) is 0 Å². The Morgan fingerprint density at radius 3 is 2.80 bits per heavy atom. The summed E-state index contributed by atoms with van der Waals surface area (Å²) in [6.45, 7) is 2.90. The van der Waals surface area contributed by atoms with Crippen LogP contribution >= 0.6 is 0 Å². The SMILES string of the molecule is c1ccc2c(c1)CCO[C@H]2C1NCCN1. The van der Waals surface area contributed by atoms with Crippen LogP contribution in [-0.4, -0.2) is 25.9 Å². The number of benzene rings is 1. The molecule has 3 rings (SSSR count). The van der Waals surface area contributed by atoms with E-state index in [-0.39, 0.29) is 12.3 Å². The number of rotatable bonds is 1. The minimum absolute atomic E-state index is 0.178. The average Bonchev–Trinajstić information content (AvgIpc) is 2.82. The Morgan fingerprint density at radius 2 is 1.93 bits per heavy atom. The molecule has 0 unspecified atom stereocenters. The van der Waals surface area contributed by atoms with E-state index in [0.29, 0.717) is 0 Å². The minimum Gasteiger partial charge on any atom is -0.370 e. The van der Waals surface area contributed by atoms with Gasteiger partial charge in [0.25, 0.3) is 0 Å². The molecular weight excluding hydrogens is 188 g/mol. The Labute approximate surface area is 89.8 Å². The molecule has 3 nitrogen and oxygen atoms in total. The van der Waals surface area contributed by atoms with Crippen LogP contribution in [-0.2, 0) is 11.2 Å². The predicted octanol–water partition coefficient (Wildman–Crippen LogP) is 0.819. The second kappa shape index (κ2) is 3.93. The molecule has 2 heterocycles. The molecule has 0 amide bonds. The Bertz CT molecular complexity index is 347. The summed E-state index contributed by atoms with van der Waals surface area (Å²) in [7, 11) is 0. The maximum absolute atomic E-state index is 5.86. The molecule has 1 aromatic carbocycles. The van der Waals surface area contributed by atoms with Gasteiger partial charge in [-0.05, 0) is 17.5 Å². The molecule has 0 bridgehead atoms. The summed E-state index contributed by atoms with van der Waals surface area (Å²) >= 11 is 0. The van der Waals surface area contributed by atoms with Crippen LogP contribution in [0.3, 0.4) is 0 Å². The van der Waals surface area contributed by atoms with E-state index in [2.05, 4.69) is 34.9 Å². The lowest BCUT2D eigenvalue weighted by atomic mass is 9.96. The van der Waals surface area contributed by atoms with Crippen LogP contribution in [0.15, 0.2) is 24.3 Å². The predicted molar refractivity (Wildman–Crippen MR) is 58.6 cm³/mol. The fraction of sp³-hybridized carbons (Fsp3) is 0.500. The first-order chi connectivity index (χ1) is 7.45. The molecule has 1 atom stereocenters. The Kier molecular flexibility index (Phi) is 2.44. The standard InChI is InChI=1S/C12H16N2O/c1-2-4-10-9(3-1)5-8-15-11(10)12-13-6-7-14-12/h1-4,11-14H,5-8H2/t11-/m1/s1. The van der Waals surface area contributed by atoms with Gasteiger partial charge in [0.2, 0.25) is 0 Å². The quantitative estimate of drug-likeness (QED) is 0.710. The van der Waals surface area contributed by atoms with Gasteiger partial charge in [0.15, 0.2) is 0 Å². The highest BCUT2D eigenvalue weighted by molar-refractivity contribution is 5.31. The molecule has 3 heteroatoms. The van der Waals surface area contributed by atoms with E-state index < -0.39 is 0 Å². The zero-order chi connectivity index (χ0) is 10.1. The first-order valence-electron chi connectivity index (χ1n) is 5.61. The molecule has 0 saturated carbocycles. The van der Waals surface area contributed by atoms with Crippen molar-refractivity contribution in [1.82, 2.24) is 10.6 Å². The van der Waals surface area contributed by atoms with E-state index in [9.17, 15) is 0 Å². The van der Waals surface area contributed by atoms with Crippen LogP contribution in [0, 0.1) is 0 Å².